The van der Waals surface area contributed by atoms with Gasteiger partial charge in [0.25, 0.3) is 0 Å². The van der Waals surface area contributed by atoms with Crippen LogP contribution in [0.5, 0.6) is 0 Å². The number of amides is 1. The van der Waals surface area contributed by atoms with Gasteiger partial charge < -0.3 is 26.2 Å². The highest BCUT2D eigenvalue weighted by molar-refractivity contribution is 6.40. The molecule has 6 N–H and O–H groups in total. The lowest BCUT2D eigenvalue weighted by atomic mass is 9.81. The minimum absolute atomic E-state index is 0.138. The minimum Gasteiger partial charge on any atom is -0.480 e. The number of nitrogens with one attached hydrogen (secondary N) is 1. The number of carbonyl (C=O) groups is 2. The SMILES string of the molecule is CC(C)C(=O)NCCC(N)(CCCCB(O)O)C(=O)O. The molecule has 0 aliphatic carbocycles. The van der Waals surface area contributed by atoms with E-state index in [4.69, 9.17) is 15.8 Å². The summed E-state index contributed by atoms with van der Waals surface area (Å²) >= 11 is 0. The molecule has 0 aromatic carbocycles. The zero-order valence-electron chi connectivity index (χ0n) is 12.1. The largest absolute Gasteiger partial charge is 0.480 e. The quantitative estimate of drug-likeness (QED) is 0.274. The van der Waals surface area contributed by atoms with Crippen molar-refractivity contribution in [3.8, 4) is 0 Å². The van der Waals surface area contributed by atoms with E-state index in [1.54, 1.807) is 13.8 Å². The molecule has 0 aliphatic rings. The monoisotopic (exact) mass is 288 g/mol. The molecule has 116 valence electrons. The molecular weight excluding hydrogens is 263 g/mol. The molecule has 0 saturated heterocycles. The first-order valence-corrected chi connectivity index (χ1v) is 6.85. The number of nitrogens with two attached hydrogens (primary N) is 1. The fourth-order valence-corrected chi connectivity index (χ4v) is 1.72. The molecule has 0 bridgehead atoms. The van der Waals surface area contributed by atoms with E-state index in [0.717, 1.165) is 0 Å². The standard InChI is InChI=1S/C12H25BN2O5/c1-9(2)10(16)15-8-6-12(14,11(17)18)5-3-4-7-13(19)20/h9,19-20H,3-8,14H2,1-2H3,(H,15,16)(H,17,18). The van der Waals surface area contributed by atoms with E-state index in [9.17, 15) is 14.7 Å². The van der Waals surface area contributed by atoms with E-state index >= 15 is 0 Å². The van der Waals surface area contributed by atoms with Crippen LogP contribution in [0.15, 0.2) is 0 Å². The average molecular weight is 288 g/mol. The molecule has 0 aliphatic heterocycles. The maximum atomic E-state index is 11.4. The smallest absolute Gasteiger partial charge is 0.451 e. The van der Waals surface area contributed by atoms with Crippen LogP contribution in [0.1, 0.15) is 39.5 Å². The Morgan fingerprint density at radius 2 is 1.85 bits per heavy atom. The molecule has 0 spiro atoms. The number of unbranched alkanes of at least 4 members (excludes halogenated alkanes) is 1. The van der Waals surface area contributed by atoms with Crippen LogP contribution in [0.4, 0.5) is 0 Å². The molecule has 0 rings (SSSR count). The van der Waals surface area contributed by atoms with Crippen LogP contribution in [0.25, 0.3) is 0 Å². The number of carboxylic acids is 1. The summed E-state index contributed by atoms with van der Waals surface area (Å²) in [6.07, 6.45) is 1.54. The molecule has 0 aromatic heterocycles. The molecule has 0 aromatic rings. The molecule has 0 heterocycles. The van der Waals surface area contributed by atoms with Crippen molar-refractivity contribution < 1.29 is 24.7 Å². The van der Waals surface area contributed by atoms with Crippen LogP contribution in [-0.2, 0) is 9.59 Å². The lowest BCUT2D eigenvalue weighted by molar-refractivity contribution is -0.144. The highest BCUT2D eigenvalue weighted by atomic mass is 16.4. The van der Waals surface area contributed by atoms with Gasteiger partial charge in [-0.2, -0.15) is 0 Å². The normalized spacial score (nSPS) is 13.9. The Balaban J connectivity index is 4.18. The maximum absolute atomic E-state index is 11.4. The molecule has 8 heteroatoms. The number of hydrogen-bond donors (Lipinski definition) is 5. The van der Waals surface area contributed by atoms with Gasteiger partial charge >= 0.3 is 13.1 Å². The molecular formula is C12H25BN2O5. The number of hydrogen-bond acceptors (Lipinski definition) is 5. The van der Waals surface area contributed by atoms with Gasteiger partial charge in [-0.05, 0) is 19.2 Å². The second-order valence-corrected chi connectivity index (χ2v) is 5.38. The Morgan fingerprint density at radius 3 is 2.30 bits per heavy atom. The summed E-state index contributed by atoms with van der Waals surface area (Å²) in [6, 6.07) is 0. The first-order valence-electron chi connectivity index (χ1n) is 6.85. The number of carboxylic acid groups (broad SMARTS) is 1. The molecule has 1 unspecified atom stereocenters. The van der Waals surface area contributed by atoms with Crippen molar-refractivity contribution in [2.24, 2.45) is 11.7 Å². The summed E-state index contributed by atoms with van der Waals surface area (Å²) < 4.78 is 0. The third-order valence-electron chi connectivity index (χ3n) is 3.16. The van der Waals surface area contributed by atoms with Crippen LogP contribution in [0.2, 0.25) is 6.32 Å². The number of rotatable bonds is 10. The fourth-order valence-electron chi connectivity index (χ4n) is 1.72. The average Bonchev–Trinajstić information content (AvgIpc) is 2.34. The summed E-state index contributed by atoms with van der Waals surface area (Å²) in [5.41, 5.74) is 4.45. The Morgan fingerprint density at radius 1 is 1.25 bits per heavy atom. The molecule has 0 saturated carbocycles. The van der Waals surface area contributed by atoms with Crippen LogP contribution in [0.3, 0.4) is 0 Å². The predicted octanol–water partition coefficient (Wildman–Crippen LogP) is -0.426. The van der Waals surface area contributed by atoms with Crippen LogP contribution < -0.4 is 11.1 Å². The van der Waals surface area contributed by atoms with Gasteiger partial charge in [-0.1, -0.05) is 26.7 Å². The first kappa shape index (κ1) is 18.9. The Hall–Kier alpha value is -1.12. The summed E-state index contributed by atoms with van der Waals surface area (Å²) in [7, 11) is -1.38. The van der Waals surface area contributed by atoms with Gasteiger partial charge in [-0.15, -0.1) is 0 Å². The van der Waals surface area contributed by atoms with E-state index in [1.165, 1.54) is 0 Å². The fraction of sp³-hybridized carbons (Fsp3) is 0.833. The lowest BCUT2D eigenvalue weighted by Gasteiger charge is -2.25. The molecule has 0 fully saturated rings. The zero-order valence-corrected chi connectivity index (χ0v) is 12.1. The summed E-state index contributed by atoms with van der Waals surface area (Å²) in [5.74, 6) is -1.40. The van der Waals surface area contributed by atoms with Gasteiger partial charge in [0.15, 0.2) is 0 Å². The second kappa shape index (κ2) is 8.94. The summed E-state index contributed by atoms with van der Waals surface area (Å²) in [6.45, 7) is 3.72. The third kappa shape index (κ3) is 7.47. The van der Waals surface area contributed by atoms with Gasteiger partial charge in [0, 0.05) is 12.5 Å². The number of carbonyl (C=O) groups excluding carboxylic acids is 1. The summed E-state index contributed by atoms with van der Waals surface area (Å²) in [4.78, 5) is 22.6. The second-order valence-electron chi connectivity index (χ2n) is 5.38. The first-order chi connectivity index (χ1) is 9.19. The van der Waals surface area contributed by atoms with E-state index < -0.39 is 18.6 Å². The van der Waals surface area contributed by atoms with E-state index in [1.807, 2.05) is 0 Å². The van der Waals surface area contributed by atoms with Crippen molar-refractivity contribution >= 4 is 19.0 Å². The molecule has 0 radical (unpaired) electrons. The molecule has 1 atom stereocenters. The van der Waals surface area contributed by atoms with E-state index in [-0.39, 0.29) is 37.5 Å². The van der Waals surface area contributed by atoms with Crippen molar-refractivity contribution in [1.29, 1.82) is 0 Å². The highest BCUT2D eigenvalue weighted by Crippen LogP contribution is 2.17. The predicted molar refractivity (Wildman–Crippen MR) is 75.9 cm³/mol. The molecule has 7 nitrogen and oxygen atoms in total. The van der Waals surface area contributed by atoms with Gasteiger partial charge in [0.2, 0.25) is 5.91 Å². The Labute approximate surface area is 119 Å². The van der Waals surface area contributed by atoms with E-state index in [0.29, 0.717) is 12.8 Å². The van der Waals surface area contributed by atoms with Crippen molar-refractivity contribution in [2.45, 2.75) is 51.4 Å². The van der Waals surface area contributed by atoms with Crippen molar-refractivity contribution in [2.75, 3.05) is 6.54 Å². The van der Waals surface area contributed by atoms with Crippen LogP contribution >= 0.6 is 0 Å². The zero-order chi connectivity index (χ0) is 15.8. The Kier molecular flexibility index (Phi) is 8.44. The van der Waals surface area contributed by atoms with Crippen LogP contribution in [-0.4, -0.2) is 46.2 Å². The van der Waals surface area contributed by atoms with E-state index in [2.05, 4.69) is 5.32 Å². The highest BCUT2D eigenvalue weighted by Gasteiger charge is 2.33. The van der Waals surface area contributed by atoms with Gasteiger partial charge in [-0.25, -0.2) is 0 Å². The molecule has 20 heavy (non-hydrogen) atoms. The number of aliphatic carboxylic acids is 1. The summed E-state index contributed by atoms with van der Waals surface area (Å²) in [5, 5.41) is 29.2. The minimum atomic E-state index is -1.40. The maximum Gasteiger partial charge on any atom is 0.451 e. The molecule has 1 amide bonds. The van der Waals surface area contributed by atoms with Gasteiger partial charge in [0.05, 0.1) is 0 Å². The topological polar surface area (TPSA) is 133 Å². The van der Waals surface area contributed by atoms with Gasteiger partial charge in [0.1, 0.15) is 5.54 Å². The van der Waals surface area contributed by atoms with Gasteiger partial charge in [-0.3, -0.25) is 9.59 Å². The lowest BCUT2D eigenvalue weighted by Crippen LogP contribution is -2.50. The van der Waals surface area contributed by atoms with Crippen molar-refractivity contribution in [3.05, 3.63) is 0 Å². The Bertz CT molecular complexity index is 325. The van der Waals surface area contributed by atoms with Crippen molar-refractivity contribution in [3.63, 3.8) is 0 Å². The van der Waals surface area contributed by atoms with Crippen molar-refractivity contribution in [1.82, 2.24) is 5.32 Å². The van der Waals surface area contributed by atoms with Crippen LogP contribution in [0, 0.1) is 5.92 Å². The third-order valence-corrected chi connectivity index (χ3v) is 3.16.